The molecule has 2 atom stereocenters. The van der Waals surface area contributed by atoms with Crippen LogP contribution in [0.2, 0.25) is 0 Å². The van der Waals surface area contributed by atoms with Gasteiger partial charge in [-0.1, -0.05) is 12.1 Å². The number of hydrogen-bond donors (Lipinski definition) is 4. The van der Waals surface area contributed by atoms with E-state index in [1.54, 1.807) is 12.1 Å². The molecule has 4 saturated carbocycles. The summed E-state index contributed by atoms with van der Waals surface area (Å²) in [4.78, 5) is 24.9. The summed E-state index contributed by atoms with van der Waals surface area (Å²) in [6.07, 6.45) is 4.73. The summed E-state index contributed by atoms with van der Waals surface area (Å²) in [5, 5.41) is 20.4. The largest absolute Gasteiger partial charge is 0.507 e. The zero-order chi connectivity index (χ0) is 16.9. The lowest BCUT2D eigenvalue weighted by molar-refractivity contribution is -0.178. The van der Waals surface area contributed by atoms with Gasteiger partial charge in [0.25, 0.3) is 5.91 Å². The van der Waals surface area contributed by atoms with Crippen molar-refractivity contribution >= 4 is 11.8 Å². The minimum absolute atomic E-state index is 0.113. The van der Waals surface area contributed by atoms with E-state index >= 15 is 0 Å². The molecule has 0 heterocycles. The third-order valence-corrected chi connectivity index (χ3v) is 5.95. The van der Waals surface area contributed by atoms with Gasteiger partial charge < -0.3 is 10.2 Å². The molecule has 1 aromatic carbocycles. The van der Waals surface area contributed by atoms with E-state index < -0.39 is 16.9 Å². The van der Waals surface area contributed by atoms with Crippen LogP contribution in [0.15, 0.2) is 24.3 Å². The first-order valence-electron chi connectivity index (χ1n) is 8.50. The Hall–Kier alpha value is -2.08. The number of hydrazine groups is 1. The van der Waals surface area contributed by atoms with Crippen LogP contribution in [0.25, 0.3) is 0 Å². The van der Waals surface area contributed by atoms with Gasteiger partial charge in [0.15, 0.2) is 0 Å². The van der Waals surface area contributed by atoms with Crippen molar-refractivity contribution < 1.29 is 19.8 Å². The highest BCUT2D eigenvalue weighted by Gasteiger charge is 2.60. The van der Waals surface area contributed by atoms with Gasteiger partial charge in [0, 0.05) is 0 Å². The van der Waals surface area contributed by atoms with Crippen LogP contribution in [0.4, 0.5) is 0 Å². The van der Waals surface area contributed by atoms with Crippen molar-refractivity contribution in [3.05, 3.63) is 29.8 Å². The number of phenols is 1. The van der Waals surface area contributed by atoms with Crippen molar-refractivity contribution in [3.63, 3.8) is 0 Å². The fourth-order valence-electron chi connectivity index (χ4n) is 5.46. The Balaban J connectivity index is 1.45. The van der Waals surface area contributed by atoms with Crippen LogP contribution in [-0.4, -0.2) is 27.6 Å². The number of hydrogen-bond acceptors (Lipinski definition) is 4. The Kier molecular flexibility index (Phi) is 3.35. The Morgan fingerprint density at radius 1 is 1.04 bits per heavy atom. The van der Waals surface area contributed by atoms with Crippen molar-refractivity contribution in [2.75, 3.05) is 0 Å². The first-order chi connectivity index (χ1) is 11.4. The number of aliphatic hydroxyl groups is 1. The SMILES string of the molecule is O=C(NNC(=O)C12C[C@H]3C[C@@H](CC(O)(C3)C1)C2)c1ccccc1O. The molecule has 6 nitrogen and oxygen atoms in total. The average Bonchev–Trinajstić information content (AvgIpc) is 2.50. The molecule has 0 aromatic heterocycles. The van der Waals surface area contributed by atoms with Crippen molar-refractivity contribution in [1.82, 2.24) is 10.9 Å². The van der Waals surface area contributed by atoms with E-state index in [2.05, 4.69) is 10.9 Å². The number of carbonyl (C=O) groups excluding carboxylic acids is 2. The van der Waals surface area contributed by atoms with E-state index in [4.69, 9.17) is 0 Å². The number of aromatic hydroxyl groups is 1. The maximum atomic E-state index is 12.8. The highest BCUT2D eigenvalue weighted by atomic mass is 16.3. The fraction of sp³-hybridized carbons (Fsp3) is 0.556. The van der Waals surface area contributed by atoms with E-state index in [1.807, 2.05) is 0 Å². The molecule has 4 bridgehead atoms. The first-order valence-corrected chi connectivity index (χ1v) is 8.50. The van der Waals surface area contributed by atoms with Crippen LogP contribution in [0, 0.1) is 17.3 Å². The van der Waals surface area contributed by atoms with Crippen LogP contribution in [0.3, 0.4) is 0 Å². The number of carbonyl (C=O) groups is 2. The molecule has 128 valence electrons. The number of nitrogens with one attached hydrogen (secondary N) is 2. The van der Waals surface area contributed by atoms with Crippen molar-refractivity contribution in [2.45, 2.75) is 44.1 Å². The molecule has 0 spiro atoms. The zero-order valence-corrected chi connectivity index (χ0v) is 13.4. The number of rotatable bonds is 2. The Morgan fingerprint density at radius 3 is 2.33 bits per heavy atom. The van der Waals surface area contributed by atoms with Crippen molar-refractivity contribution in [1.29, 1.82) is 0 Å². The summed E-state index contributed by atoms with van der Waals surface area (Å²) >= 11 is 0. The zero-order valence-electron chi connectivity index (χ0n) is 13.4. The molecule has 5 rings (SSSR count). The molecule has 1 aromatic rings. The van der Waals surface area contributed by atoms with Gasteiger partial charge in [-0.3, -0.25) is 20.4 Å². The first kappa shape index (κ1) is 15.4. The van der Waals surface area contributed by atoms with Gasteiger partial charge in [0.05, 0.1) is 16.6 Å². The molecular formula is C18H22N2O4. The van der Waals surface area contributed by atoms with Crippen molar-refractivity contribution in [3.8, 4) is 5.75 Å². The molecule has 4 N–H and O–H groups in total. The summed E-state index contributed by atoms with van der Waals surface area (Å²) in [7, 11) is 0. The van der Waals surface area contributed by atoms with E-state index in [0.29, 0.717) is 18.3 Å². The lowest BCUT2D eigenvalue weighted by Gasteiger charge is -2.59. The topological polar surface area (TPSA) is 98.7 Å². The second-order valence-corrected chi connectivity index (χ2v) is 7.89. The molecule has 0 saturated heterocycles. The maximum absolute atomic E-state index is 12.8. The van der Waals surface area contributed by atoms with Gasteiger partial charge in [0.1, 0.15) is 5.75 Å². The second-order valence-electron chi connectivity index (χ2n) is 7.89. The van der Waals surface area contributed by atoms with Crippen LogP contribution < -0.4 is 10.9 Å². The molecule has 2 amide bonds. The Bertz CT molecular complexity index is 688. The van der Waals surface area contributed by atoms with Gasteiger partial charge in [0.2, 0.25) is 5.91 Å². The van der Waals surface area contributed by atoms with Gasteiger partial charge in [-0.25, -0.2) is 0 Å². The summed E-state index contributed by atoms with van der Waals surface area (Å²) in [6.45, 7) is 0. The molecule has 4 fully saturated rings. The number of phenolic OH excluding ortho intramolecular Hbond substituents is 1. The number of amides is 2. The van der Waals surface area contributed by atoms with Crippen LogP contribution in [0.5, 0.6) is 5.75 Å². The predicted molar refractivity (Wildman–Crippen MR) is 85.8 cm³/mol. The summed E-state index contributed by atoms with van der Waals surface area (Å²) in [5.41, 5.74) is 3.73. The fourth-order valence-corrected chi connectivity index (χ4v) is 5.46. The molecule has 0 radical (unpaired) electrons. The normalized spacial score (nSPS) is 36.4. The minimum Gasteiger partial charge on any atom is -0.507 e. The van der Waals surface area contributed by atoms with Crippen LogP contribution in [-0.2, 0) is 4.79 Å². The molecule has 24 heavy (non-hydrogen) atoms. The smallest absolute Gasteiger partial charge is 0.273 e. The molecule has 6 heteroatoms. The van der Waals surface area contributed by atoms with Gasteiger partial charge in [-0.2, -0.15) is 0 Å². The molecular weight excluding hydrogens is 308 g/mol. The maximum Gasteiger partial charge on any atom is 0.273 e. The Morgan fingerprint density at radius 2 is 1.71 bits per heavy atom. The van der Waals surface area contributed by atoms with Crippen LogP contribution >= 0.6 is 0 Å². The Labute approximate surface area is 140 Å². The highest BCUT2D eigenvalue weighted by molar-refractivity contribution is 5.98. The van der Waals surface area contributed by atoms with E-state index in [9.17, 15) is 19.8 Å². The van der Waals surface area contributed by atoms with E-state index in [-0.39, 0.29) is 17.2 Å². The third kappa shape index (κ3) is 2.45. The van der Waals surface area contributed by atoms with Gasteiger partial charge in [-0.05, 0) is 62.5 Å². The summed E-state index contributed by atoms with van der Waals surface area (Å²) in [6, 6.07) is 6.18. The number of benzene rings is 1. The third-order valence-electron chi connectivity index (χ3n) is 5.95. The van der Waals surface area contributed by atoms with Crippen molar-refractivity contribution in [2.24, 2.45) is 17.3 Å². The quantitative estimate of drug-likeness (QED) is 0.617. The molecule has 4 aliphatic carbocycles. The molecule has 0 unspecified atom stereocenters. The molecule has 0 aliphatic heterocycles. The lowest BCUT2D eigenvalue weighted by Crippen LogP contribution is -2.61. The summed E-state index contributed by atoms with van der Waals surface area (Å²) in [5.74, 6) is -0.108. The number of para-hydroxylation sites is 1. The predicted octanol–water partition coefficient (Wildman–Crippen LogP) is 1.48. The lowest BCUT2D eigenvalue weighted by atomic mass is 9.47. The van der Waals surface area contributed by atoms with E-state index in [0.717, 1.165) is 32.1 Å². The van der Waals surface area contributed by atoms with Gasteiger partial charge in [-0.15, -0.1) is 0 Å². The highest BCUT2D eigenvalue weighted by Crippen LogP contribution is 2.61. The van der Waals surface area contributed by atoms with Gasteiger partial charge >= 0.3 is 0 Å². The monoisotopic (exact) mass is 330 g/mol. The second kappa shape index (κ2) is 5.21. The standard InChI is InChI=1S/C18H22N2O4/c21-14-4-2-1-3-13(14)15(22)19-20-16(23)17-6-11-5-12(7-17)9-18(24,8-11)10-17/h1-4,11-12,21,24H,5-10H2,(H,19,22)(H,20,23)/t11-,12-,17?,18?/m1/s1. The summed E-state index contributed by atoms with van der Waals surface area (Å²) < 4.78 is 0. The van der Waals surface area contributed by atoms with E-state index in [1.165, 1.54) is 12.1 Å². The minimum atomic E-state index is -0.719. The molecule has 4 aliphatic rings. The van der Waals surface area contributed by atoms with Crippen LogP contribution in [0.1, 0.15) is 48.9 Å². The average molecular weight is 330 g/mol.